The van der Waals surface area contributed by atoms with Crippen molar-refractivity contribution in [2.75, 3.05) is 6.54 Å². The monoisotopic (exact) mass is 517 g/mol. The van der Waals surface area contributed by atoms with Crippen LogP contribution in [-0.4, -0.2) is 30.4 Å². The summed E-state index contributed by atoms with van der Waals surface area (Å²) in [6, 6.07) is 24.0. The summed E-state index contributed by atoms with van der Waals surface area (Å²) in [5.41, 5.74) is 14.9. The number of guanidine groups is 1. The summed E-state index contributed by atoms with van der Waals surface area (Å²) in [5.74, 6) is -1.08. The maximum atomic E-state index is 13.7. The minimum Gasteiger partial charge on any atom is -0.370 e. The van der Waals surface area contributed by atoms with Crippen LogP contribution in [0.25, 0.3) is 0 Å². The van der Waals surface area contributed by atoms with Gasteiger partial charge in [0.05, 0.1) is 12.0 Å². The van der Waals surface area contributed by atoms with Gasteiger partial charge in [-0.05, 0) is 60.1 Å². The molecule has 3 aromatic rings. The lowest BCUT2D eigenvalue weighted by molar-refractivity contribution is -0.130. The standard InChI is InChI=1S/C29H32ClN5O2/c30-22-15-12-21(13-16-22)26(20-8-2-1-3-9-20)28(37)35-25(11-6-18-33-29(31)32)27(36)34-24-17-14-19-7-4-5-10-23(19)24/h1-5,7-10,12-13,15-16,24-26H,6,11,14,17-18H2,(H,34,36)(H,35,37)(H4,31,32,33)/t24-,25+,26+/m0/s1. The molecule has 1 aliphatic carbocycles. The number of aryl methyl sites for hydroxylation is 1. The van der Waals surface area contributed by atoms with Crippen LogP contribution in [0, 0.1) is 0 Å². The molecule has 3 aromatic carbocycles. The predicted molar refractivity (Wildman–Crippen MR) is 147 cm³/mol. The molecule has 192 valence electrons. The molecule has 1 aliphatic rings. The number of halogens is 1. The molecule has 0 saturated heterocycles. The van der Waals surface area contributed by atoms with Gasteiger partial charge in [-0.25, -0.2) is 0 Å². The molecular weight excluding hydrogens is 486 g/mol. The van der Waals surface area contributed by atoms with Crippen LogP contribution in [0.15, 0.2) is 83.9 Å². The van der Waals surface area contributed by atoms with Crippen LogP contribution < -0.4 is 22.1 Å². The minimum absolute atomic E-state index is 0.000482. The van der Waals surface area contributed by atoms with Gasteiger partial charge in [0.25, 0.3) is 0 Å². The second-order valence-corrected chi connectivity index (χ2v) is 9.64. The average molecular weight is 518 g/mol. The Labute approximate surface area is 222 Å². The number of benzene rings is 3. The summed E-state index contributed by atoms with van der Waals surface area (Å²) in [6.07, 6.45) is 2.67. The first-order valence-corrected chi connectivity index (χ1v) is 12.8. The first kappa shape index (κ1) is 26.2. The van der Waals surface area contributed by atoms with E-state index >= 15 is 0 Å². The predicted octanol–water partition coefficient (Wildman–Crippen LogP) is 3.81. The Kier molecular flexibility index (Phi) is 8.80. The molecule has 8 heteroatoms. The molecule has 37 heavy (non-hydrogen) atoms. The van der Waals surface area contributed by atoms with E-state index in [1.54, 1.807) is 12.1 Å². The molecule has 7 nitrogen and oxygen atoms in total. The molecule has 0 heterocycles. The normalized spacial score (nSPS) is 15.8. The summed E-state index contributed by atoms with van der Waals surface area (Å²) < 4.78 is 0. The van der Waals surface area contributed by atoms with Crippen LogP contribution >= 0.6 is 11.6 Å². The van der Waals surface area contributed by atoms with Gasteiger partial charge >= 0.3 is 0 Å². The number of carbonyl (C=O) groups excluding carboxylic acids is 2. The Balaban J connectivity index is 1.55. The van der Waals surface area contributed by atoms with Crippen molar-refractivity contribution in [2.24, 2.45) is 16.5 Å². The average Bonchev–Trinajstić information content (AvgIpc) is 3.30. The van der Waals surface area contributed by atoms with Crippen molar-refractivity contribution in [2.45, 2.75) is 43.7 Å². The Morgan fingerprint density at radius 1 is 0.919 bits per heavy atom. The van der Waals surface area contributed by atoms with Crippen molar-refractivity contribution in [3.05, 3.63) is 106 Å². The highest BCUT2D eigenvalue weighted by atomic mass is 35.5. The summed E-state index contributed by atoms with van der Waals surface area (Å²) in [5, 5.41) is 6.77. The number of hydrogen-bond acceptors (Lipinski definition) is 3. The fourth-order valence-corrected chi connectivity index (χ4v) is 4.93. The quantitative estimate of drug-likeness (QED) is 0.185. The van der Waals surface area contributed by atoms with Crippen molar-refractivity contribution < 1.29 is 9.59 Å². The van der Waals surface area contributed by atoms with Crippen molar-refractivity contribution >= 4 is 29.4 Å². The number of carbonyl (C=O) groups is 2. The lowest BCUT2D eigenvalue weighted by atomic mass is 9.90. The Hall–Kier alpha value is -3.84. The zero-order chi connectivity index (χ0) is 26.2. The molecule has 0 aliphatic heterocycles. The molecule has 0 spiro atoms. The molecule has 4 rings (SSSR count). The van der Waals surface area contributed by atoms with Gasteiger partial charge in [0.1, 0.15) is 6.04 Å². The van der Waals surface area contributed by atoms with Crippen LogP contribution in [0.1, 0.15) is 53.5 Å². The van der Waals surface area contributed by atoms with E-state index in [0.29, 0.717) is 24.4 Å². The summed E-state index contributed by atoms with van der Waals surface area (Å²) in [4.78, 5) is 31.2. The van der Waals surface area contributed by atoms with Crippen LogP contribution in [0.4, 0.5) is 0 Å². The second-order valence-electron chi connectivity index (χ2n) is 9.20. The highest BCUT2D eigenvalue weighted by molar-refractivity contribution is 6.30. The van der Waals surface area contributed by atoms with Gasteiger partial charge in [0.15, 0.2) is 5.96 Å². The zero-order valence-electron chi connectivity index (χ0n) is 20.6. The van der Waals surface area contributed by atoms with Gasteiger partial charge in [-0.3, -0.25) is 14.6 Å². The molecular formula is C29H32ClN5O2. The fourth-order valence-electron chi connectivity index (χ4n) is 4.80. The van der Waals surface area contributed by atoms with E-state index in [1.165, 1.54) is 5.56 Å². The van der Waals surface area contributed by atoms with Crippen molar-refractivity contribution in [3.63, 3.8) is 0 Å². The van der Waals surface area contributed by atoms with Gasteiger partial charge in [-0.1, -0.05) is 78.3 Å². The van der Waals surface area contributed by atoms with Crippen molar-refractivity contribution in [1.82, 2.24) is 10.6 Å². The summed E-state index contributed by atoms with van der Waals surface area (Å²) in [6.45, 7) is 0.369. The molecule has 6 N–H and O–H groups in total. The van der Waals surface area contributed by atoms with Crippen LogP contribution in [0.3, 0.4) is 0 Å². The number of nitrogens with one attached hydrogen (secondary N) is 2. The van der Waals surface area contributed by atoms with Crippen molar-refractivity contribution in [3.8, 4) is 0 Å². The minimum atomic E-state index is -0.743. The molecule has 2 amide bonds. The molecule has 0 fully saturated rings. The number of nitrogens with two attached hydrogens (primary N) is 2. The first-order chi connectivity index (χ1) is 17.9. The lowest BCUT2D eigenvalue weighted by Crippen LogP contribution is -2.49. The Bertz CT molecular complexity index is 1240. The van der Waals surface area contributed by atoms with Gasteiger partial charge in [-0.2, -0.15) is 0 Å². The van der Waals surface area contributed by atoms with Gasteiger partial charge in [0, 0.05) is 11.6 Å². The third-order valence-electron chi connectivity index (χ3n) is 6.63. The van der Waals surface area contributed by atoms with Gasteiger partial charge < -0.3 is 22.1 Å². The van der Waals surface area contributed by atoms with E-state index in [-0.39, 0.29) is 23.8 Å². The number of hydrogen-bond donors (Lipinski definition) is 4. The number of nitrogens with zero attached hydrogens (tertiary/aromatic N) is 1. The number of rotatable bonds is 10. The number of amides is 2. The highest BCUT2D eigenvalue weighted by Gasteiger charge is 2.30. The van der Waals surface area contributed by atoms with E-state index < -0.39 is 12.0 Å². The molecule has 0 aromatic heterocycles. The van der Waals surface area contributed by atoms with E-state index in [9.17, 15) is 9.59 Å². The fraction of sp³-hybridized carbons (Fsp3) is 0.276. The molecule has 3 atom stereocenters. The highest BCUT2D eigenvalue weighted by Crippen LogP contribution is 2.31. The molecule has 0 bridgehead atoms. The van der Waals surface area contributed by atoms with E-state index in [0.717, 1.165) is 29.5 Å². The Morgan fingerprint density at radius 2 is 1.59 bits per heavy atom. The van der Waals surface area contributed by atoms with E-state index in [4.69, 9.17) is 23.1 Å². The molecule has 0 unspecified atom stereocenters. The summed E-state index contributed by atoms with van der Waals surface area (Å²) in [7, 11) is 0. The third kappa shape index (κ3) is 6.89. The SMILES string of the molecule is NC(N)=NCCC[C@@H](NC(=O)[C@H](c1ccccc1)c1ccc(Cl)cc1)C(=O)N[C@H]1CCc2ccccc21. The maximum Gasteiger partial charge on any atom is 0.243 e. The van der Waals surface area contributed by atoms with Gasteiger partial charge in [-0.15, -0.1) is 0 Å². The van der Waals surface area contributed by atoms with Gasteiger partial charge in [0.2, 0.25) is 11.8 Å². The lowest BCUT2D eigenvalue weighted by Gasteiger charge is -2.25. The number of fused-ring (bicyclic) bond motifs is 1. The second kappa shape index (κ2) is 12.4. The number of aliphatic imine (C=N–C) groups is 1. The van der Waals surface area contributed by atoms with Crippen LogP contribution in [0.2, 0.25) is 5.02 Å². The maximum absolute atomic E-state index is 13.7. The largest absolute Gasteiger partial charge is 0.370 e. The molecule has 0 radical (unpaired) electrons. The smallest absolute Gasteiger partial charge is 0.243 e. The first-order valence-electron chi connectivity index (χ1n) is 12.5. The topological polar surface area (TPSA) is 123 Å². The third-order valence-corrected chi connectivity index (χ3v) is 6.88. The Morgan fingerprint density at radius 3 is 2.32 bits per heavy atom. The summed E-state index contributed by atoms with van der Waals surface area (Å²) >= 11 is 6.10. The van der Waals surface area contributed by atoms with E-state index in [1.807, 2.05) is 60.7 Å². The van der Waals surface area contributed by atoms with Crippen molar-refractivity contribution in [1.29, 1.82) is 0 Å². The van der Waals surface area contributed by atoms with Crippen LogP contribution in [0.5, 0.6) is 0 Å². The van der Waals surface area contributed by atoms with E-state index in [2.05, 4.69) is 21.7 Å². The van der Waals surface area contributed by atoms with Crippen LogP contribution in [-0.2, 0) is 16.0 Å². The molecule has 0 saturated carbocycles. The zero-order valence-corrected chi connectivity index (χ0v) is 21.3.